The van der Waals surface area contributed by atoms with Crippen LogP contribution in [0.5, 0.6) is 17.2 Å². The SMILES string of the molecule is CCOc1ccccc1NC(=O)COC(=O)c1cc2c(cc1[N+](=O)[O-])OCCO2. The molecular formula is C19H18N2O8. The van der Waals surface area contributed by atoms with Crippen molar-refractivity contribution in [2.45, 2.75) is 6.92 Å². The third kappa shape index (κ3) is 4.72. The normalized spacial score (nSPS) is 12.0. The van der Waals surface area contributed by atoms with Crippen LogP contribution in [0.3, 0.4) is 0 Å². The van der Waals surface area contributed by atoms with Crippen LogP contribution in [-0.2, 0) is 9.53 Å². The maximum atomic E-state index is 12.4. The van der Waals surface area contributed by atoms with Crippen molar-refractivity contribution in [3.63, 3.8) is 0 Å². The molecule has 0 spiro atoms. The van der Waals surface area contributed by atoms with Gasteiger partial charge in [0.2, 0.25) is 0 Å². The van der Waals surface area contributed by atoms with Crippen LogP contribution in [0.15, 0.2) is 36.4 Å². The summed E-state index contributed by atoms with van der Waals surface area (Å²) in [4.78, 5) is 35.1. The lowest BCUT2D eigenvalue weighted by molar-refractivity contribution is -0.385. The Morgan fingerprint density at radius 2 is 1.86 bits per heavy atom. The fourth-order valence-electron chi connectivity index (χ4n) is 2.64. The van der Waals surface area contributed by atoms with Crippen LogP contribution in [0.4, 0.5) is 11.4 Å². The Kier molecular flexibility index (Phi) is 6.12. The minimum absolute atomic E-state index is 0.171. The van der Waals surface area contributed by atoms with E-state index in [2.05, 4.69) is 5.32 Å². The standard InChI is InChI=1S/C19H18N2O8/c1-2-26-15-6-4-3-5-13(15)20-18(22)11-29-19(23)12-9-16-17(28-8-7-27-16)10-14(12)21(24)25/h3-6,9-10H,2,7-8,11H2,1H3,(H,20,22). The molecule has 0 saturated carbocycles. The summed E-state index contributed by atoms with van der Waals surface area (Å²) in [7, 11) is 0. The molecule has 3 rings (SSSR count). The van der Waals surface area contributed by atoms with Gasteiger partial charge in [-0.25, -0.2) is 4.79 Å². The summed E-state index contributed by atoms with van der Waals surface area (Å²) in [5.74, 6) is -0.807. The number of nitro benzene ring substituents is 1. The molecule has 0 radical (unpaired) electrons. The highest BCUT2D eigenvalue weighted by Gasteiger charge is 2.27. The third-order valence-corrected chi connectivity index (χ3v) is 3.87. The highest BCUT2D eigenvalue weighted by molar-refractivity contribution is 5.98. The number of rotatable bonds is 7. The average Bonchev–Trinajstić information content (AvgIpc) is 2.72. The molecule has 10 nitrogen and oxygen atoms in total. The van der Waals surface area contributed by atoms with Gasteiger partial charge in [0.05, 0.1) is 23.3 Å². The topological polar surface area (TPSA) is 126 Å². The summed E-state index contributed by atoms with van der Waals surface area (Å²) in [5.41, 5.74) is -0.413. The Morgan fingerprint density at radius 3 is 2.55 bits per heavy atom. The minimum Gasteiger partial charge on any atom is -0.492 e. The molecule has 1 N–H and O–H groups in total. The van der Waals surface area contributed by atoms with Gasteiger partial charge in [0.1, 0.15) is 24.5 Å². The van der Waals surface area contributed by atoms with E-state index in [0.29, 0.717) is 18.0 Å². The molecule has 0 atom stereocenters. The van der Waals surface area contributed by atoms with Crippen molar-refractivity contribution in [3.05, 3.63) is 52.1 Å². The second kappa shape index (κ2) is 8.91. The fraction of sp³-hybridized carbons (Fsp3) is 0.263. The van der Waals surface area contributed by atoms with Crippen molar-refractivity contribution in [2.75, 3.05) is 31.7 Å². The lowest BCUT2D eigenvalue weighted by Crippen LogP contribution is -2.22. The first-order valence-corrected chi connectivity index (χ1v) is 8.76. The summed E-state index contributed by atoms with van der Waals surface area (Å²) in [5, 5.41) is 13.9. The van der Waals surface area contributed by atoms with Gasteiger partial charge in [-0.3, -0.25) is 14.9 Å². The molecule has 0 aliphatic carbocycles. The summed E-state index contributed by atoms with van der Waals surface area (Å²) in [6, 6.07) is 9.06. The molecule has 10 heteroatoms. The first-order valence-electron chi connectivity index (χ1n) is 8.76. The van der Waals surface area contributed by atoms with E-state index in [4.69, 9.17) is 18.9 Å². The van der Waals surface area contributed by atoms with Crippen LogP contribution in [0.25, 0.3) is 0 Å². The Labute approximate surface area is 165 Å². The number of benzene rings is 2. The fourth-order valence-corrected chi connectivity index (χ4v) is 2.64. The molecule has 1 amide bonds. The number of amides is 1. The molecular weight excluding hydrogens is 384 g/mol. The van der Waals surface area contributed by atoms with Gasteiger partial charge in [0.25, 0.3) is 11.6 Å². The quantitative estimate of drug-likeness (QED) is 0.425. The summed E-state index contributed by atoms with van der Waals surface area (Å²) < 4.78 is 21.0. The number of hydrogen-bond acceptors (Lipinski definition) is 8. The molecule has 0 aromatic heterocycles. The Morgan fingerprint density at radius 1 is 1.17 bits per heavy atom. The second-order valence-electron chi connectivity index (χ2n) is 5.82. The van der Waals surface area contributed by atoms with E-state index >= 15 is 0 Å². The van der Waals surface area contributed by atoms with Gasteiger partial charge in [-0.15, -0.1) is 0 Å². The number of para-hydroxylation sites is 2. The predicted octanol–water partition coefficient (Wildman–Crippen LogP) is 2.56. The Bertz CT molecular complexity index is 944. The van der Waals surface area contributed by atoms with Gasteiger partial charge in [0, 0.05) is 6.07 Å². The summed E-state index contributed by atoms with van der Waals surface area (Å²) >= 11 is 0. The maximum absolute atomic E-state index is 12.4. The molecule has 1 aliphatic heterocycles. The van der Waals surface area contributed by atoms with Crippen LogP contribution in [0.1, 0.15) is 17.3 Å². The molecule has 152 valence electrons. The van der Waals surface area contributed by atoms with Gasteiger partial charge in [0.15, 0.2) is 18.1 Å². The summed E-state index contributed by atoms with van der Waals surface area (Å²) in [6.07, 6.45) is 0. The number of anilines is 1. The van der Waals surface area contributed by atoms with Crippen LogP contribution >= 0.6 is 0 Å². The van der Waals surface area contributed by atoms with Crippen molar-refractivity contribution in [1.82, 2.24) is 0 Å². The zero-order chi connectivity index (χ0) is 20.8. The molecule has 1 aliphatic rings. The predicted molar refractivity (Wildman–Crippen MR) is 101 cm³/mol. The zero-order valence-electron chi connectivity index (χ0n) is 15.5. The van der Waals surface area contributed by atoms with E-state index < -0.39 is 29.1 Å². The number of nitro groups is 1. The number of nitrogens with one attached hydrogen (secondary N) is 1. The van der Waals surface area contributed by atoms with Crippen molar-refractivity contribution < 1.29 is 33.5 Å². The highest BCUT2D eigenvalue weighted by Crippen LogP contribution is 2.36. The highest BCUT2D eigenvalue weighted by atomic mass is 16.6. The van der Waals surface area contributed by atoms with Gasteiger partial charge in [-0.2, -0.15) is 0 Å². The molecule has 0 unspecified atom stereocenters. The monoisotopic (exact) mass is 402 g/mol. The maximum Gasteiger partial charge on any atom is 0.345 e. The van der Waals surface area contributed by atoms with Gasteiger partial charge >= 0.3 is 5.97 Å². The number of carbonyl (C=O) groups excluding carboxylic acids is 2. The van der Waals surface area contributed by atoms with Crippen molar-refractivity contribution >= 4 is 23.3 Å². The molecule has 2 aromatic carbocycles. The Balaban J connectivity index is 1.69. The largest absolute Gasteiger partial charge is 0.492 e. The first kappa shape index (κ1) is 19.9. The van der Waals surface area contributed by atoms with Crippen LogP contribution in [0, 0.1) is 10.1 Å². The number of ether oxygens (including phenoxy) is 4. The molecule has 2 aromatic rings. The molecule has 0 saturated heterocycles. The van der Waals surface area contributed by atoms with Crippen LogP contribution in [-0.4, -0.2) is 43.2 Å². The number of esters is 1. The second-order valence-corrected chi connectivity index (χ2v) is 5.82. The van der Waals surface area contributed by atoms with Crippen LogP contribution in [0.2, 0.25) is 0 Å². The molecule has 0 bridgehead atoms. The Hall–Kier alpha value is -3.82. The summed E-state index contributed by atoms with van der Waals surface area (Å²) in [6.45, 7) is 2.08. The van der Waals surface area contributed by atoms with E-state index in [0.717, 1.165) is 6.07 Å². The smallest absolute Gasteiger partial charge is 0.345 e. The van der Waals surface area contributed by atoms with E-state index in [1.165, 1.54) is 6.07 Å². The number of nitrogens with zero attached hydrogens (tertiary/aromatic N) is 1. The van der Waals surface area contributed by atoms with E-state index in [9.17, 15) is 19.7 Å². The molecule has 0 fully saturated rings. The average molecular weight is 402 g/mol. The number of hydrogen-bond donors (Lipinski definition) is 1. The van der Waals surface area contributed by atoms with Gasteiger partial charge < -0.3 is 24.3 Å². The van der Waals surface area contributed by atoms with Crippen molar-refractivity contribution in [1.29, 1.82) is 0 Å². The molecule has 1 heterocycles. The third-order valence-electron chi connectivity index (χ3n) is 3.87. The lowest BCUT2D eigenvalue weighted by atomic mass is 10.1. The van der Waals surface area contributed by atoms with E-state index in [1.807, 2.05) is 0 Å². The zero-order valence-corrected chi connectivity index (χ0v) is 15.5. The minimum atomic E-state index is -1.03. The van der Waals surface area contributed by atoms with E-state index in [-0.39, 0.29) is 30.3 Å². The van der Waals surface area contributed by atoms with Gasteiger partial charge in [-0.05, 0) is 19.1 Å². The van der Waals surface area contributed by atoms with Crippen molar-refractivity contribution in [3.8, 4) is 17.2 Å². The van der Waals surface area contributed by atoms with Crippen molar-refractivity contribution in [2.24, 2.45) is 0 Å². The first-order chi connectivity index (χ1) is 14.0. The van der Waals surface area contributed by atoms with Crippen LogP contribution < -0.4 is 19.5 Å². The lowest BCUT2D eigenvalue weighted by Gasteiger charge is -2.18. The van der Waals surface area contributed by atoms with Gasteiger partial charge in [-0.1, -0.05) is 12.1 Å². The number of carbonyl (C=O) groups is 2. The van der Waals surface area contributed by atoms with E-state index in [1.54, 1.807) is 31.2 Å². The number of fused-ring (bicyclic) bond motifs is 1. The molecule has 29 heavy (non-hydrogen) atoms.